The molecule has 110 valence electrons. The van der Waals surface area contributed by atoms with E-state index < -0.39 is 0 Å². The second-order valence-corrected chi connectivity index (χ2v) is 7.47. The van der Waals surface area contributed by atoms with Crippen LogP contribution in [0.1, 0.15) is 58.8 Å². The molecular formula is C16H30N2O. The highest BCUT2D eigenvalue weighted by Gasteiger charge is 2.44. The lowest BCUT2D eigenvalue weighted by atomic mass is 9.70. The van der Waals surface area contributed by atoms with Crippen molar-refractivity contribution in [1.82, 2.24) is 4.90 Å². The number of hydrogen-bond acceptors (Lipinski definition) is 3. The highest BCUT2D eigenvalue weighted by Crippen LogP contribution is 2.39. The Morgan fingerprint density at radius 2 is 1.79 bits per heavy atom. The summed E-state index contributed by atoms with van der Waals surface area (Å²) in [5, 5.41) is 0. The molecule has 2 N–H and O–H groups in total. The van der Waals surface area contributed by atoms with Crippen LogP contribution in [0.15, 0.2) is 0 Å². The molecule has 2 aliphatic carbocycles. The van der Waals surface area contributed by atoms with Gasteiger partial charge in [0.2, 0.25) is 0 Å². The maximum atomic E-state index is 6.63. The molecule has 19 heavy (non-hydrogen) atoms. The number of nitrogens with zero attached hydrogens (tertiary/aromatic N) is 1. The third-order valence-corrected chi connectivity index (χ3v) is 5.84. The largest absolute Gasteiger partial charge is 0.375 e. The van der Waals surface area contributed by atoms with Crippen LogP contribution in [0.5, 0.6) is 0 Å². The van der Waals surface area contributed by atoms with Gasteiger partial charge in [-0.25, -0.2) is 0 Å². The number of morpholine rings is 1. The minimum absolute atomic E-state index is 0.297. The summed E-state index contributed by atoms with van der Waals surface area (Å²) in [7, 11) is 0. The molecule has 4 atom stereocenters. The third-order valence-electron chi connectivity index (χ3n) is 5.84. The predicted molar refractivity (Wildman–Crippen MR) is 78.1 cm³/mol. The van der Waals surface area contributed by atoms with Gasteiger partial charge in [-0.3, -0.25) is 4.90 Å². The zero-order valence-corrected chi connectivity index (χ0v) is 12.6. The Balaban J connectivity index is 1.76. The molecule has 0 spiro atoms. The molecule has 3 fully saturated rings. The molecular weight excluding hydrogens is 236 g/mol. The van der Waals surface area contributed by atoms with Crippen molar-refractivity contribution in [3.05, 3.63) is 0 Å². The zero-order chi connectivity index (χ0) is 13.5. The Labute approximate surface area is 117 Å². The van der Waals surface area contributed by atoms with Crippen molar-refractivity contribution in [3.8, 4) is 0 Å². The maximum Gasteiger partial charge on any atom is 0.0731 e. The average Bonchev–Trinajstić information content (AvgIpc) is 2.41. The van der Waals surface area contributed by atoms with Gasteiger partial charge in [-0.15, -0.1) is 0 Å². The molecule has 0 bridgehead atoms. The van der Waals surface area contributed by atoms with E-state index >= 15 is 0 Å². The molecule has 0 aromatic carbocycles. The van der Waals surface area contributed by atoms with Gasteiger partial charge in [0.25, 0.3) is 0 Å². The number of hydrogen-bond donors (Lipinski definition) is 1. The molecule has 4 unspecified atom stereocenters. The van der Waals surface area contributed by atoms with E-state index in [1.807, 2.05) is 0 Å². The summed E-state index contributed by atoms with van der Waals surface area (Å²) < 4.78 is 6.01. The van der Waals surface area contributed by atoms with E-state index in [1.165, 1.54) is 44.9 Å². The highest BCUT2D eigenvalue weighted by atomic mass is 16.5. The van der Waals surface area contributed by atoms with Crippen molar-refractivity contribution in [2.45, 2.75) is 83.0 Å². The quantitative estimate of drug-likeness (QED) is 0.792. The Bertz CT molecular complexity index is 316. The van der Waals surface area contributed by atoms with Crippen LogP contribution in [0.3, 0.4) is 0 Å². The van der Waals surface area contributed by atoms with Gasteiger partial charge in [0.05, 0.1) is 12.7 Å². The van der Waals surface area contributed by atoms with Crippen molar-refractivity contribution in [2.75, 3.05) is 13.2 Å². The molecule has 3 nitrogen and oxygen atoms in total. The Morgan fingerprint density at radius 3 is 2.63 bits per heavy atom. The second-order valence-electron chi connectivity index (χ2n) is 7.47. The molecule has 1 heterocycles. The van der Waals surface area contributed by atoms with Crippen LogP contribution >= 0.6 is 0 Å². The van der Waals surface area contributed by atoms with E-state index in [4.69, 9.17) is 10.5 Å². The molecule has 1 saturated heterocycles. The Kier molecular flexibility index (Phi) is 3.89. The third kappa shape index (κ3) is 2.57. The Morgan fingerprint density at radius 1 is 1.05 bits per heavy atom. The summed E-state index contributed by atoms with van der Waals surface area (Å²) in [6.07, 6.45) is 9.67. The smallest absolute Gasteiger partial charge is 0.0731 e. The SMILES string of the molecule is CC1(C)CCCC(N2CCOC3CCCCC32)C1N. The molecule has 0 aromatic rings. The molecule has 1 aliphatic heterocycles. The van der Waals surface area contributed by atoms with E-state index in [1.54, 1.807) is 0 Å². The van der Waals surface area contributed by atoms with E-state index in [9.17, 15) is 0 Å². The highest BCUT2D eigenvalue weighted by molar-refractivity contribution is 5.00. The summed E-state index contributed by atoms with van der Waals surface area (Å²) in [6.45, 7) is 6.70. The van der Waals surface area contributed by atoms with Gasteiger partial charge in [0.15, 0.2) is 0 Å². The summed E-state index contributed by atoms with van der Waals surface area (Å²) in [5.41, 5.74) is 6.92. The summed E-state index contributed by atoms with van der Waals surface area (Å²) in [5.74, 6) is 0. The van der Waals surface area contributed by atoms with Crippen LogP contribution in [0.25, 0.3) is 0 Å². The van der Waals surface area contributed by atoms with Crippen molar-refractivity contribution >= 4 is 0 Å². The van der Waals surface area contributed by atoms with Crippen LogP contribution in [0, 0.1) is 5.41 Å². The number of nitrogens with two attached hydrogens (primary N) is 1. The van der Waals surface area contributed by atoms with Crippen molar-refractivity contribution in [3.63, 3.8) is 0 Å². The number of rotatable bonds is 1. The molecule has 0 aromatic heterocycles. The molecule has 3 rings (SSSR count). The zero-order valence-electron chi connectivity index (χ0n) is 12.6. The molecule has 3 aliphatic rings. The van der Waals surface area contributed by atoms with Gasteiger partial charge < -0.3 is 10.5 Å². The van der Waals surface area contributed by atoms with Crippen LogP contribution in [-0.2, 0) is 4.74 Å². The van der Waals surface area contributed by atoms with E-state index in [2.05, 4.69) is 18.7 Å². The van der Waals surface area contributed by atoms with Crippen LogP contribution in [0.4, 0.5) is 0 Å². The first-order valence-corrected chi connectivity index (χ1v) is 8.22. The maximum absolute atomic E-state index is 6.63. The molecule has 0 amide bonds. The van der Waals surface area contributed by atoms with Crippen LogP contribution in [0.2, 0.25) is 0 Å². The molecule has 3 heteroatoms. The monoisotopic (exact) mass is 266 g/mol. The second kappa shape index (κ2) is 5.34. The summed E-state index contributed by atoms with van der Waals surface area (Å²) >= 11 is 0. The van der Waals surface area contributed by atoms with Gasteiger partial charge in [-0.2, -0.15) is 0 Å². The fourth-order valence-electron chi connectivity index (χ4n) is 4.54. The number of ether oxygens (including phenoxy) is 1. The topological polar surface area (TPSA) is 38.5 Å². The fraction of sp³-hybridized carbons (Fsp3) is 1.00. The first-order valence-electron chi connectivity index (χ1n) is 8.22. The van der Waals surface area contributed by atoms with Crippen LogP contribution < -0.4 is 5.73 Å². The van der Waals surface area contributed by atoms with Gasteiger partial charge in [-0.1, -0.05) is 33.1 Å². The van der Waals surface area contributed by atoms with Crippen molar-refractivity contribution in [2.24, 2.45) is 11.1 Å². The average molecular weight is 266 g/mol. The lowest BCUT2D eigenvalue weighted by Crippen LogP contribution is -2.64. The lowest BCUT2D eigenvalue weighted by molar-refractivity contribution is -0.115. The first-order chi connectivity index (χ1) is 9.09. The lowest BCUT2D eigenvalue weighted by Gasteiger charge is -2.53. The van der Waals surface area contributed by atoms with Crippen molar-refractivity contribution < 1.29 is 4.74 Å². The first kappa shape index (κ1) is 13.8. The van der Waals surface area contributed by atoms with Crippen molar-refractivity contribution in [1.29, 1.82) is 0 Å². The van der Waals surface area contributed by atoms with Crippen LogP contribution in [-0.4, -0.2) is 42.3 Å². The fourth-order valence-corrected chi connectivity index (χ4v) is 4.54. The van der Waals surface area contributed by atoms with Gasteiger partial charge >= 0.3 is 0 Å². The van der Waals surface area contributed by atoms with E-state index in [-0.39, 0.29) is 0 Å². The minimum atomic E-state index is 0.297. The predicted octanol–water partition coefficient (Wildman–Crippen LogP) is 2.54. The molecule has 0 radical (unpaired) electrons. The van der Waals surface area contributed by atoms with Gasteiger partial charge in [0.1, 0.15) is 0 Å². The van der Waals surface area contributed by atoms with Gasteiger partial charge in [-0.05, 0) is 31.1 Å². The normalized spacial score (nSPS) is 43.7. The summed E-state index contributed by atoms with van der Waals surface area (Å²) in [4.78, 5) is 2.74. The number of fused-ring (bicyclic) bond motifs is 1. The van der Waals surface area contributed by atoms with E-state index in [0.717, 1.165) is 13.2 Å². The minimum Gasteiger partial charge on any atom is -0.375 e. The van der Waals surface area contributed by atoms with E-state index in [0.29, 0.717) is 29.6 Å². The Hall–Kier alpha value is -0.120. The van der Waals surface area contributed by atoms with Gasteiger partial charge in [0, 0.05) is 24.7 Å². The molecule has 2 saturated carbocycles. The standard InChI is InChI=1S/C16H30N2O/c1-16(2)9-5-7-13(15(16)17)18-10-11-19-14-8-4-3-6-12(14)18/h12-15H,3-11,17H2,1-2H3. The summed E-state index contributed by atoms with van der Waals surface area (Å²) in [6, 6.07) is 1.55.